The molecule has 2 heterocycles. The Bertz CT molecular complexity index is 968. The molecule has 0 radical (unpaired) electrons. The average molecular weight is 390 g/mol. The zero-order chi connectivity index (χ0) is 20.1. The van der Waals surface area contributed by atoms with Crippen LogP contribution in [0.15, 0.2) is 47.2 Å². The number of aryl methyl sites for hydroxylation is 3. The van der Waals surface area contributed by atoms with Crippen LogP contribution in [0.5, 0.6) is 0 Å². The number of hydrogen-bond donors (Lipinski definition) is 1. The summed E-state index contributed by atoms with van der Waals surface area (Å²) in [6.07, 6.45) is 9.94. The Hall–Kier alpha value is -3.02. The highest BCUT2D eigenvalue weighted by Gasteiger charge is 2.15. The van der Waals surface area contributed by atoms with Crippen molar-refractivity contribution in [1.29, 1.82) is 0 Å². The third kappa shape index (κ3) is 4.88. The summed E-state index contributed by atoms with van der Waals surface area (Å²) in [5, 5.41) is 7.09. The largest absolute Gasteiger partial charge is 0.350 e. The number of pyridine rings is 1. The van der Waals surface area contributed by atoms with Crippen molar-refractivity contribution in [3.05, 3.63) is 65.3 Å². The fourth-order valence-electron chi connectivity index (χ4n) is 3.79. The molecule has 3 aromatic rings. The molecule has 1 N–H and O–H groups in total. The molecule has 6 heteroatoms. The smallest absolute Gasteiger partial charge is 0.226 e. The SMILES string of the molecule is CC(NC(=O)CCCc1nc(-c2cccnc2)no1)c1ccc2c(c1)CCCC2. The summed E-state index contributed by atoms with van der Waals surface area (Å²) in [4.78, 5) is 20.8. The second-order valence-electron chi connectivity index (χ2n) is 7.63. The van der Waals surface area contributed by atoms with Gasteiger partial charge < -0.3 is 9.84 Å². The summed E-state index contributed by atoms with van der Waals surface area (Å²) in [7, 11) is 0. The van der Waals surface area contributed by atoms with Crippen LogP contribution in [-0.4, -0.2) is 21.0 Å². The van der Waals surface area contributed by atoms with Crippen molar-refractivity contribution in [2.24, 2.45) is 0 Å². The van der Waals surface area contributed by atoms with Gasteiger partial charge in [-0.25, -0.2) is 0 Å². The van der Waals surface area contributed by atoms with E-state index in [1.54, 1.807) is 12.4 Å². The van der Waals surface area contributed by atoms with Gasteiger partial charge in [0, 0.05) is 30.8 Å². The van der Waals surface area contributed by atoms with Crippen molar-refractivity contribution >= 4 is 5.91 Å². The molecule has 1 aliphatic carbocycles. The van der Waals surface area contributed by atoms with Crippen LogP contribution in [-0.2, 0) is 24.1 Å². The first kappa shape index (κ1) is 19.3. The number of rotatable bonds is 7. The first-order valence-corrected chi connectivity index (χ1v) is 10.3. The van der Waals surface area contributed by atoms with Gasteiger partial charge in [-0.1, -0.05) is 23.4 Å². The van der Waals surface area contributed by atoms with E-state index < -0.39 is 0 Å². The summed E-state index contributed by atoms with van der Waals surface area (Å²) in [6.45, 7) is 2.04. The molecule has 1 amide bonds. The minimum absolute atomic E-state index is 0.00955. The van der Waals surface area contributed by atoms with Gasteiger partial charge in [0.25, 0.3) is 0 Å². The minimum atomic E-state index is 0.00955. The first-order chi connectivity index (χ1) is 14.2. The van der Waals surface area contributed by atoms with Crippen molar-refractivity contribution in [2.45, 2.75) is 57.9 Å². The Morgan fingerprint density at radius 2 is 2.07 bits per heavy atom. The van der Waals surface area contributed by atoms with Crippen LogP contribution < -0.4 is 5.32 Å². The van der Waals surface area contributed by atoms with E-state index in [1.807, 2.05) is 19.1 Å². The van der Waals surface area contributed by atoms with E-state index in [4.69, 9.17) is 4.52 Å². The van der Waals surface area contributed by atoms with E-state index in [1.165, 1.54) is 36.0 Å². The molecule has 0 spiro atoms. The van der Waals surface area contributed by atoms with Gasteiger partial charge in [0.2, 0.25) is 17.6 Å². The maximum atomic E-state index is 12.3. The molecule has 1 aliphatic rings. The lowest BCUT2D eigenvalue weighted by Gasteiger charge is -2.20. The van der Waals surface area contributed by atoms with Crippen molar-refractivity contribution in [3.8, 4) is 11.4 Å². The Labute approximate surface area is 170 Å². The highest BCUT2D eigenvalue weighted by molar-refractivity contribution is 5.76. The molecular weight excluding hydrogens is 364 g/mol. The zero-order valence-electron chi connectivity index (χ0n) is 16.7. The van der Waals surface area contributed by atoms with Crippen LogP contribution in [0.1, 0.15) is 61.2 Å². The molecule has 0 bridgehead atoms. The summed E-state index contributed by atoms with van der Waals surface area (Å²) in [5.74, 6) is 1.11. The number of carbonyl (C=O) groups excluding carboxylic acids is 1. The van der Waals surface area contributed by atoms with Gasteiger partial charge in [-0.15, -0.1) is 0 Å². The van der Waals surface area contributed by atoms with Crippen LogP contribution in [0.25, 0.3) is 11.4 Å². The number of nitrogens with one attached hydrogen (secondary N) is 1. The highest BCUT2D eigenvalue weighted by Crippen LogP contribution is 2.25. The number of amides is 1. The number of fused-ring (bicyclic) bond motifs is 1. The summed E-state index contributed by atoms with van der Waals surface area (Å²) in [5.41, 5.74) is 4.90. The molecule has 0 fully saturated rings. The molecule has 0 aliphatic heterocycles. The van der Waals surface area contributed by atoms with Gasteiger partial charge in [0.05, 0.1) is 6.04 Å². The number of benzene rings is 1. The van der Waals surface area contributed by atoms with Crippen molar-refractivity contribution in [2.75, 3.05) is 0 Å². The van der Waals surface area contributed by atoms with Crippen LogP contribution >= 0.6 is 0 Å². The summed E-state index contributed by atoms with van der Waals surface area (Å²) < 4.78 is 5.28. The topological polar surface area (TPSA) is 80.9 Å². The predicted octanol–water partition coefficient (Wildman–Crippen LogP) is 4.21. The third-order valence-corrected chi connectivity index (χ3v) is 5.43. The summed E-state index contributed by atoms with van der Waals surface area (Å²) in [6, 6.07) is 10.4. The molecule has 150 valence electrons. The lowest BCUT2D eigenvalue weighted by molar-refractivity contribution is -0.121. The molecule has 1 aromatic carbocycles. The van der Waals surface area contributed by atoms with E-state index in [-0.39, 0.29) is 11.9 Å². The van der Waals surface area contributed by atoms with E-state index >= 15 is 0 Å². The number of carbonyl (C=O) groups is 1. The summed E-state index contributed by atoms with van der Waals surface area (Å²) >= 11 is 0. The molecule has 1 atom stereocenters. The van der Waals surface area contributed by atoms with E-state index in [0.717, 1.165) is 12.0 Å². The molecule has 0 saturated heterocycles. The minimum Gasteiger partial charge on any atom is -0.350 e. The third-order valence-electron chi connectivity index (χ3n) is 5.43. The quantitative estimate of drug-likeness (QED) is 0.653. The van der Waals surface area contributed by atoms with Gasteiger partial charge in [0.15, 0.2) is 0 Å². The van der Waals surface area contributed by atoms with E-state index in [9.17, 15) is 4.79 Å². The van der Waals surface area contributed by atoms with E-state index in [0.29, 0.717) is 31.0 Å². The number of aromatic nitrogens is 3. The van der Waals surface area contributed by atoms with Crippen molar-refractivity contribution in [3.63, 3.8) is 0 Å². The molecule has 1 unspecified atom stereocenters. The number of hydrogen-bond acceptors (Lipinski definition) is 5. The Morgan fingerprint density at radius 1 is 1.21 bits per heavy atom. The molecule has 4 rings (SSSR count). The maximum absolute atomic E-state index is 12.3. The second-order valence-corrected chi connectivity index (χ2v) is 7.63. The van der Waals surface area contributed by atoms with Crippen LogP contribution in [0.2, 0.25) is 0 Å². The van der Waals surface area contributed by atoms with Crippen LogP contribution in [0, 0.1) is 0 Å². The molecule has 0 saturated carbocycles. The fourth-order valence-corrected chi connectivity index (χ4v) is 3.79. The van der Waals surface area contributed by atoms with Crippen LogP contribution in [0.3, 0.4) is 0 Å². The Kier molecular flexibility index (Phi) is 5.98. The molecular formula is C23H26N4O2. The zero-order valence-corrected chi connectivity index (χ0v) is 16.7. The van der Waals surface area contributed by atoms with E-state index in [2.05, 4.69) is 38.6 Å². The van der Waals surface area contributed by atoms with Crippen molar-refractivity contribution in [1.82, 2.24) is 20.4 Å². The molecule has 2 aromatic heterocycles. The lowest BCUT2D eigenvalue weighted by atomic mass is 9.89. The number of nitrogens with zero attached hydrogens (tertiary/aromatic N) is 3. The predicted molar refractivity (Wildman–Crippen MR) is 110 cm³/mol. The normalized spacial score (nSPS) is 14.2. The fraction of sp³-hybridized carbons (Fsp3) is 0.391. The maximum Gasteiger partial charge on any atom is 0.226 e. The first-order valence-electron chi connectivity index (χ1n) is 10.3. The van der Waals surface area contributed by atoms with Crippen LogP contribution in [0.4, 0.5) is 0 Å². The van der Waals surface area contributed by atoms with Gasteiger partial charge >= 0.3 is 0 Å². The van der Waals surface area contributed by atoms with Gasteiger partial charge in [-0.3, -0.25) is 9.78 Å². The van der Waals surface area contributed by atoms with Gasteiger partial charge in [0.1, 0.15) is 0 Å². The average Bonchev–Trinajstić information content (AvgIpc) is 3.23. The highest BCUT2D eigenvalue weighted by atomic mass is 16.5. The molecule has 29 heavy (non-hydrogen) atoms. The standard InChI is InChI=1S/C23H26N4O2/c1-16(18-12-11-17-6-2-3-7-19(17)14-18)25-21(28)9-4-10-22-26-23(27-29-22)20-8-5-13-24-15-20/h5,8,11-16H,2-4,6-7,9-10H2,1H3,(H,25,28). The van der Waals surface area contributed by atoms with Gasteiger partial charge in [-0.05, 0) is 67.9 Å². The second kappa shape index (κ2) is 8.99. The van der Waals surface area contributed by atoms with Crippen molar-refractivity contribution < 1.29 is 9.32 Å². The monoisotopic (exact) mass is 390 g/mol. The Balaban J connectivity index is 1.25. The van der Waals surface area contributed by atoms with Gasteiger partial charge in [-0.2, -0.15) is 4.98 Å². The molecule has 6 nitrogen and oxygen atoms in total. The lowest BCUT2D eigenvalue weighted by Crippen LogP contribution is -2.26. The Morgan fingerprint density at radius 3 is 2.90 bits per heavy atom.